The lowest BCUT2D eigenvalue weighted by atomic mass is 10.2. The van der Waals surface area contributed by atoms with E-state index in [0.29, 0.717) is 0 Å². The number of benzene rings is 1. The minimum Gasteiger partial charge on any atom is -0.476 e. The van der Waals surface area contributed by atoms with Gasteiger partial charge in [-0.15, -0.1) is 0 Å². The maximum absolute atomic E-state index is 13.6. The van der Waals surface area contributed by atoms with Crippen LogP contribution in [0.25, 0.3) is 0 Å². The lowest BCUT2D eigenvalue weighted by molar-refractivity contribution is -0.132. The van der Waals surface area contributed by atoms with Gasteiger partial charge in [0.05, 0.1) is 17.3 Å². The minimum atomic E-state index is -1.26. The molecular weight excluding hydrogens is 237 g/mol. The van der Waals surface area contributed by atoms with E-state index >= 15 is 0 Å². The first kappa shape index (κ1) is 13.4. The first-order chi connectivity index (χ1) is 8.49. The van der Waals surface area contributed by atoms with Crippen LogP contribution in [-0.2, 0) is 4.79 Å². The van der Waals surface area contributed by atoms with E-state index in [1.165, 1.54) is 24.1 Å². The number of carboxylic acids is 1. The molecular formula is C12H10FN3O2. The number of hydrogen-bond donors (Lipinski definition) is 1. The van der Waals surface area contributed by atoms with Crippen LogP contribution in [0.2, 0.25) is 0 Å². The normalized spacial score (nSPS) is 10.6. The highest BCUT2D eigenvalue weighted by Crippen LogP contribution is 2.20. The van der Waals surface area contributed by atoms with Gasteiger partial charge in [-0.1, -0.05) is 0 Å². The number of nitriles is 1. The van der Waals surface area contributed by atoms with Crippen molar-refractivity contribution in [3.63, 3.8) is 0 Å². The van der Waals surface area contributed by atoms with Crippen molar-refractivity contribution in [2.24, 2.45) is 4.99 Å². The first-order valence-corrected chi connectivity index (χ1v) is 4.84. The molecule has 0 heterocycles. The first-order valence-electron chi connectivity index (χ1n) is 4.84. The van der Waals surface area contributed by atoms with Gasteiger partial charge in [-0.05, 0) is 24.9 Å². The summed E-state index contributed by atoms with van der Waals surface area (Å²) in [6, 6.07) is 5.70. The molecule has 5 nitrogen and oxygen atoms in total. The Hall–Kier alpha value is -2.68. The van der Waals surface area contributed by atoms with Crippen LogP contribution < -0.4 is 4.90 Å². The standard InChI is InChI=1S/C12H10FN3O2/c1-15-10(12(17)18)7-16(2)11-4-3-8(6-14)5-9(11)13/h3-5,7H,1H2,2H3,(H,17,18)/b10-7-. The Balaban J connectivity index is 3.12. The molecule has 0 bridgehead atoms. The number of carbonyl (C=O) groups is 1. The van der Waals surface area contributed by atoms with Gasteiger partial charge in [0, 0.05) is 13.2 Å². The second-order valence-electron chi connectivity index (χ2n) is 3.37. The molecule has 1 rings (SSSR count). The van der Waals surface area contributed by atoms with Gasteiger partial charge in [-0.2, -0.15) is 5.26 Å². The van der Waals surface area contributed by atoms with Crippen molar-refractivity contribution in [2.75, 3.05) is 11.9 Å². The molecule has 0 fully saturated rings. The SMILES string of the molecule is C=N/C(=C\N(C)c1ccc(C#N)cc1F)C(=O)O. The fraction of sp³-hybridized carbons (Fsp3) is 0.0833. The predicted octanol–water partition coefficient (Wildman–Crippen LogP) is 1.76. The molecule has 0 unspecified atom stereocenters. The lowest BCUT2D eigenvalue weighted by Gasteiger charge is -2.15. The van der Waals surface area contributed by atoms with Crippen molar-refractivity contribution in [1.29, 1.82) is 5.26 Å². The van der Waals surface area contributed by atoms with Crippen LogP contribution in [0.4, 0.5) is 10.1 Å². The zero-order chi connectivity index (χ0) is 13.7. The van der Waals surface area contributed by atoms with Crippen molar-refractivity contribution < 1.29 is 14.3 Å². The molecule has 1 aromatic carbocycles. The monoisotopic (exact) mass is 247 g/mol. The van der Waals surface area contributed by atoms with Gasteiger partial charge < -0.3 is 10.0 Å². The maximum atomic E-state index is 13.6. The highest BCUT2D eigenvalue weighted by atomic mass is 19.1. The summed E-state index contributed by atoms with van der Waals surface area (Å²) in [5, 5.41) is 17.4. The molecule has 0 aromatic heterocycles. The van der Waals surface area contributed by atoms with Crippen molar-refractivity contribution in [1.82, 2.24) is 0 Å². The largest absolute Gasteiger partial charge is 0.476 e. The molecule has 1 N–H and O–H groups in total. The number of carboxylic acid groups (broad SMARTS) is 1. The molecule has 0 amide bonds. The number of hydrogen-bond acceptors (Lipinski definition) is 4. The molecule has 0 aliphatic carbocycles. The number of halogens is 1. The lowest BCUT2D eigenvalue weighted by Crippen LogP contribution is -2.13. The second kappa shape index (κ2) is 5.59. The Morgan fingerprint density at radius 1 is 1.67 bits per heavy atom. The minimum absolute atomic E-state index is 0.136. The van der Waals surface area contributed by atoms with Crippen LogP contribution in [0, 0.1) is 17.1 Å². The van der Waals surface area contributed by atoms with E-state index in [-0.39, 0.29) is 16.9 Å². The van der Waals surface area contributed by atoms with Gasteiger partial charge >= 0.3 is 5.97 Å². The van der Waals surface area contributed by atoms with Crippen molar-refractivity contribution >= 4 is 18.4 Å². The van der Waals surface area contributed by atoms with E-state index in [2.05, 4.69) is 11.7 Å². The van der Waals surface area contributed by atoms with E-state index in [1.54, 1.807) is 0 Å². The summed E-state index contributed by atoms with van der Waals surface area (Å²) in [5.74, 6) is -1.88. The summed E-state index contributed by atoms with van der Waals surface area (Å²) >= 11 is 0. The van der Waals surface area contributed by atoms with Crippen molar-refractivity contribution in [2.45, 2.75) is 0 Å². The van der Waals surface area contributed by atoms with Crippen LogP contribution >= 0.6 is 0 Å². The third kappa shape index (κ3) is 2.92. The smallest absolute Gasteiger partial charge is 0.355 e. The summed E-state index contributed by atoms with van der Waals surface area (Å²) < 4.78 is 13.6. The number of aliphatic imine (C=N–C) groups is 1. The Morgan fingerprint density at radius 2 is 2.33 bits per heavy atom. The van der Waals surface area contributed by atoms with E-state index in [9.17, 15) is 9.18 Å². The van der Waals surface area contributed by atoms with Gasteiger partial charge in [-0.25, -0.2) is 9.18 Å². The summed E-state index contributed by atoms with van der Waals surface area (Å²) in [5.41, 5.74) is 0.0200. The molecule has 18 heavy (non-hydrogen) atoms. The van der Waals surface area contributed by atoms with Gasteiger partial charge in [0.25, 0.3) is 0 Å². The second-order valence-corrected chi connectivity index (χ2v) is 3.37. The topological polar surface area (TPSA) is 76.7 Å². The van der Waals surface area contributed by atoms with E-state index in [1.807, 2.05) is 6.07 Å². The maximum Gasteiger partial charge on any atom is 0.355 e. The molecule has 0 aliphatic rings. The van der Waals surface area contributed by atoms with Crippen molar-refractivity contribution in [3.8, 4) is 6.07 Å². The molecule has 0 radical (unpaired) electrons. The Morgan fingerprint density at radius 3 is 2.78 bits per heavy atom. The van der Waals surface area contributed by atoms with Gasteiger partial charge in [-0.3, -0.25) is 4.99 Å². The molecule has 0 saturated carbocycles. The van der Waals surface area contributed by atoms with Gasteiger partial charge in [0.1, 0.15) is 5.82 Å². The average molecular weight is 247 g/mol. The molecule has 6 heteroatoms. The van der Waals surface area contributed by atoms with E-state index < -0.39 is 11.8 Å². The van der Waals surface area contributed by atoms with Crippen LogP contribution in [0.1, 0.15) is 5.56 Å². The summed E-state index contributed by atoms with van der Waals surface area (Å²) in [7, 11) is 1.47. The quantitative estimate of drug-likeness (QED) is 0.649. The zero-order valence-corrected chi connectivity index (χ0v) is 9.59. The predicted molar refractivity (Wildman–Crippen MR) is 64.8 cm³/mol. The Labute approximate surface area is 103 Å². The summed E-state index contributed by atoms with van der Waals surface area (Å²) in [6.45, 7) is 3.12. The highest BCUT2D eigenvalue weighted by Gasteiger charge is 2.10. The van der Waals surface area contributed by atoms with Crippen molar-refractivity contribution in [3.05, 3.63) is 41.5 Å². The van der Waals surface area contributed by atoms with E-state index in [0.717, 1.165) is 12.3 Å². The summed E-state index contributed by atoms with van der Waals surface area (Å²) in [4.78, 5) is 15.3. The third-order valence-corrected chi connectivity index (χ3v) is 2.16. The summed E-state index contributed by atoms with van der Waals surface area (Å²) in [6.07, 6.45) is 1.14. The molecule has 92 valence electrons. The van der Waals surface area contributed by atoms with Crippen LogP contribution in [0.3, 0.4) is 0 Å². The third-order valence-electron chi connectivity index (χ3n) is 2.16. The van der Waals surface area contributed by atoms with Crippen LogP contribution in [0.15, 0.2) is 35.1 Å². The average Bonchev–Trinajstić information content (AvgIpc) is 2.34. The van der Waals surface area contributed by atoms with Crippen LogP contribution in [0.5, 0.6) is 0 Å². The fourth-order valence-corrected chi connectivity index (χ4v) is 1.28. The number of rotatable bonds is 4. The molecule has 0 saturated heterocycles. The fourth-order valence-electron chi connectivity index (χ4n) is 1.28. The van der Waals surface area contributed by atoms with E-state index in [4.69, 9.17) is 10.4 Å². The van der Waals surface area contributed by atoms with Gasteiger partial charge in [0.15, 0.2) is 5.70 Å². The van der Waals surface area contributed by atoms with Crippen LogP contribution in [-0.4, -0.2) is 24.8 Å². The molecule has 0 aliphatic heterocycles. The Bertz CT molecular complexity index is 561. The Kier molecular flexibility index (Phi) is 4.16. The molecule has 0 spiro atoms. The molecule has 1 aromatic rings. The highest BCUT2D eigenvalue weighted by molar-refractivity contribution is 5.87. The molecule has 0 atom stereocenters. The zero-order valence-electron chi connectivity index (χ0n) is 9.59. The number of nitrogens with zero attached hydrogens (tertiary/aromatic N) is 3. The number of anilines is 1. The number of aliphatic carboxylic acids is 1. The van der Waals surface area contributed by atoms with Gasteiger partial charge in [0.2, 0.25) is 0 Å².